The van der Waals surface area contributed by atoms with Gasteiger partial charge in [-0.05, 0) is 24.3 Å². The predicted molar refractivity (Wildman–Crippen MR) is 93.0 cm³/mol. The van der Waals surface area contributed by atoms with Gasteiger partial charge in [-0.2, -0.15) is 0 Å². The molecule has 0 bridgehead atoms. The predicted octanol–water partition coefficient (Wildman–Crippen LogP) is 5.17. The van der Waals surface area contributed by atoms with Crippen molar-refractivity contribution in [2.45, 2.75) is 78.1 Å². The van der Waals surface area contributed by atoms with Gasteiger partial charge in [-0.3, -0.25) is 0 Å². The van der Waals surface area contributed by atoms with E-state index in [-0.39, 0.29) is 10.9 Å². The highest BCUT2D eigenvalue weighted by atomic mass is 32.2. The molecule has 1 nitrogen and oxygen atoms in total. The molecule has 0 aliphatic carbocycles. The number of thiocarbonyl (C=S) groups is 1. The average Bonchev–Trinajstić information content (AvgIpc) is 2.35. The minimum Gasteiger partial charge on any atom is -0.386 e. The third kappa shape index (κ3) is 11.3. The third-order valence-electron chi connectivity index (χ3n) is 3.37. The van der Waals surface area contributed by atoms with Crippen molar-refractivity contribution in [3.8, 4) is 0 Å². The van der Waals surface area contributed by atoms with Gasteiger partial charge in [-0.15, -0.1) is 0 Å². The fraction of sp³-hybridized carbons (Fsp3) is 0.933. The molecule has 3 heteroatoms. The van der Waals surface area contributed by atoms with Gasteiger partial charge in [-0.25, -0.2) is 10.9 Å². The van der Waals surface area contributed by atoms with Gasteiger partial charge in [0.2, 0.25) is 0 Å². The molecule has 0 aromatic heterocycles. The normalized spacial score (nSPS) is 11.6. The van der Waals surface area contributed by atoms with Crippen molar-refractivity contribution in [2.24, 2.45) is 5.73 Å². The van der Waals surface area contributed by atoms with E-state index in [0.29, 0.717) is 0 Å². The van der Waals surface area contributed by atoms with Crippen LogP contribution in [-0.2, 0) is 0 Å². The summed E-state index contributed by atoms with van der Waals surface area (Å²) in [5.74, 6) is 2.56. The summed E-state index contributed by atoms with van der Waals surface area (Å²) in [6.07, 6.45) is 13.6. The number of hydrogen-bond acceptors (Lipinski definition) is 1. The number of rotatable bonds is 12. The van der Waals surface area contributed by atoms with E-state index in [2.05, 4.69) is 13.8 Å². The van der Waals surface area contributed by atoms with Crippen molar-refractivity contribution < 1.29 is 0 Å². The average molecular weight is 292 g/mol. The summed E-state index contributed by atoms with van der Waals surface area (Å²) in [5, 5.41) is 0. The van der Waals surface area contributed by atoms with E-state index in [4.69, 9.17) is 18.0 Å². The van der Waals surface area contributed by atoms with E-state index >= 15 is 0 Å². The van der Waals surface area contributed by atoms with Crippen LogP contribution in [0.15, 0.2) is 0 Å². The first-order valence-electron chi connectivity index (χ1n) is 7.76. The summed E-state index contributed by atoms with van der Waals surface area (Å²) in [7, 11) is -0.152. The Morgan fingerprint density at radius 1 is 0.778 bits per heavy atom. The van der Waals surface area contributed by atoms with E-state index in [1.54, 1.807) is 0 Å². The van der Waals surface area contributed by atoms with Gasteiger partial charge in [0.1, 0.15) is 4.32 Å². The van der Waals surface area contributed by atoms with Crippen LogP contribution in [-0.4, -0.2) is 15.8 Å². The summed E-state index contributed by atoms with van der Waals surface area (Å²) in [4.78, 5) is 0. The lowest BCUT2D eigenvalue weighted by Crippen LogP contribution is -2.13. The zero-order chi connectivity index (χ0) is 13.6. The molecule has 0 unspecified atom stereocenters. The SMILES string of the molecule is CCCCCCC[SH](CCCCCCC)C(N)=S. The second-order valence-electron chi connectivity index (χ2n) is 5.15. The quantitative estimate of drug-likeness (QED) is 0.295. The molecule has 0 amide bonds. The number of thiol groups is 1. The van der Waals surface area contributed by atoms with Crippen LogP contribution in [0.5, 0.6) is 0 Å². The topological polar surface area (TPSA) is 26.0 Å². The highest BCUT2D eigenvalue weighted by Crippen LogP contribution is 2.29. The number of nitrogens with two attached hydrogens (primary N) is 1. The maximum Gasteiger partial charge on any atom is 0.111 e. The van der Waals surface area contributed by atoms with E-state index < -0.39 is 0 Å². The fourth-order valence-corrected chi connectivity index (χ4v) is 4.57. The summed E-state index contributed by atoms with van der Waals surface area (Å²) >= 11 is 5.23. The molecule has 0 rings (SSSR count). The Hall–Kier alpha value is 0.240. The zero-order valence-corrected chi connectivity index (χ0v) is 14.1. The van der Waals surface area contributed by atoms with E-state index in [9.17, 15) is 0 Å². The number of unbranched alkanes of at least 4 members (excludes halogenated alkanes) is 8. The molecule has 0 aromatic carbocycles. The van der Waals surface area contributed by atoms with Gasteiger partial charge >= 0.3 is 0 Å². The summed E-state index contributed by atoms with van der Waals surface area (Å²) in [6, 6.07) is 0. The summed E-state index contributed by atoms with van der Waals surface area (Å²) in [6.45, 7) is 4.52. The zero-order valence-electron chi connectivity index (χ0n) is 12.4. The van der Waals surface area contributed by atoms with Crippen molar-refractivity contribution in [2.75, 3.05) is 11.5 Å². The summed E-state index contributed by atoms with van der Waals surface area (Å²) in [5.41, 5.74) is 5.88. The van der Waals surface area contributed by atoms with Crippen LogP contribution in [0.4, 0.5) is 0 Å². The van der Waals surface area contributed by atoms with Crippen LogP contribution in [0, 0.1) is 0 Å². The van der Waals surface area contributed by atoms with Gasteiger partial charge in [0.25, 0.3) is 0 Å². The Bertz CT molecular complexity index is 181. The second kappa shape index (κ2) is 13.7. The van der Waals surface area contributed by atoms with E-state index in [1.165, 1.54) is 75.7 Å². The maximum absolute atomic E-state index is 5.88. The van der Waals surface area contributed by atoms with Crippen molar-refractivity contribution in [1.82, 2.24) is 0 Å². The molecule has 0 saturated heterocycles. The molecule has 0 aromatic rings. The molecule has 2 N–H and O–H groups in total. The highest BCUT2D eigenvalue weighted by molar-refractivity contribution is 8.36. The van der Waals surface area contributed by atoms with E-state index in [0.717, 1.165) is 4.32 Å². The van der Waals surface area contributed by atoms with Crippen LogP contribution in [0.1, 0.15) is 78.1 Å². The van der Waals surface area contributed by atoms with Crippen LogP contribution < -0.4 is 5.73 Å². The Morgan fingerprint density at radius 2 is 1.17 bits per heavy atom. The van der Waals surface area contributed by atoms with Crippen molar-refractivity contribution in [1.29, 1.82) is 0 Å². The van der Waals surface area contributed by atoms with Crippen LogP contribution in [0.25, 0.3) is 0 Å². The molecule has 0 spiro atoms. The Balaban J connectivity index is 3.56. The summed E-state index contributed by atoms with van der Waals surface area (Å²) < 4.78 is 0.816. The smallest absolute Gasteiger partial charge is 0.111 e. The minimum absolute atomic E-state index is 0.152. The monoisotopic (exact) mass is 291 g/mol. The van der Waals surface area contributed by atoms with Gasteiger partial charge < -0.3 is 5.73 Å². The Morgan fingerprint density at radius 3 is 1.50 bits per heavy atom. The van der Waals surface area contributed by atoms with Crippen LogP contribution >= 0.6 is 23.1 Å². The molecule has 0 heterocycles. The minimum atomic E-state index is -0.152. The second-order valence-corrected chi connectivity index (χ2v) is 8.35. The fourth-order valence-electron chi connectivity index (χ4n) is 2.14. The van der Waals surface area contributed by atoms with Crippen molar-refractivity contribution in [3.05, 3.63) is 0 Å². The highest BCUT2D eigenvalue weighted by Gasteiger charge is 2.06. The molecule has 0 atom stereocenters. The Labute approximate surface area is 123 Å². The first-order chi connectivity index (χ1) is 8.72. The molecular formula is C15H33NS2. The number of hydrogen-bond donors (Lipinski definition) is 2. The van der Waals surface area contributed by atoms with Crippen LogP contribution in [0.3, 0.4) is 0 Å². The van der Waals surface area contributed by atoms with Gasteiger partial charge in [0.05, 0.1) is 0 Å². The van der Waals surface area contributed by atoms with Crippen molar-refractivity contribution >= 4 is 27.4 Å². The third-order valence-corrected chi connectivity index (χ3v) is 6.48. The lowest BCUT2D eigenvalue weighted by atomic mass is 10.2. The molecule has 0 saturated carbocycles. The van der Waals surface area contributed by atoms with Gasteiger partial charge in [0, 0.05) is 0 Å². The molecule has 110 valence electrons. The molecular weight excluding hydrogens is 258 g/mol. The Kier molecular flexibility index (Phi) is 13.8. The van der Waals surface area contributed by atoms with Gasteiger partial charge in [0.15, 0.2) is 0 Å². The molecule has 0 aliphatic rings. The van der Waals surface area contributed by atoms with Crippen LogP contribution in [0.2, 0.25) is 0 Å². The standard InChI is InChI=1S/C15H33NS2/c1-3-5-7-9-11-13-18(15(16)17)14-12-10-8-6-4-2/h18H,3-14H2,1-2H3,(H2,16,17). The van der Waals surface area contributed by atoms with Crippen molar-refractivity contribution in [3.63, 3.8) is 0 Å². The first-order valence-corrected chi connectivity index (χ1v) is 9.88. The molecule has 0 radical (unpaired) electrons. The molecule has 0 fully saturated rings. The maximum atomic E-state index is 5.88. The van der Waals surface area contributed by atoms with Gasteiger partial charge in [-0.1, -0.05) is 77.4 Å². The molecule has 18 heavy (non-hydrogen) atoms. The largest absolute Gasteiger partial charge is 0.386 e. The first kappa shape index (κ1) is 18.2. The van der Waals surface area contributed by atoms with E-state index in [1.807, 2.05) is 0 Å². The lowest BCUT2D eigenvalue weighted by Gasteiger charge is -2.19. The molecule has 0 aliphatic heterocycles. The lowest BCUT2D eigenvalue weighted by molar-refractivity contribution is 0.654.